The molecule has 0 N–H and O–H groups in total. The summed E-state index contributed by atoms with van der Waals surface area (Å²) in [6, 6.07) is 0. The highest BCUT2D eigenvalue weighted by Crippen LogP contribution is 2.35. The van der Waals surface area contributed by atoms with Crippen LogP contribution in [-0.2, 0) is 17.7 Å². The van der Waals surface area contributed by atoms with Gasteiger partial charge in [0.25, 0.3) is 0 Å². The van der Waals surface area contributed by atoms with Crippen molar-refractivity contribution in [1.29, 1.82) is 0 Å². The van der Waals surface area contributed by atoms with E-state index >= 15 is 0 Å². The largest absolute Gasteiger partial charge is 0.451 e. The monoisotopic (exact) mass is 301 g/mol. The van der Waals surface area contributed by atoms with Gasteiger partial charge >= 0.3 is 17.7 Å². The van der Waals surface area contributed by atoms with Gasteiger partial charge in [-0.25, -0.2) is 15.0 Å². The summed E-state index contributed by atoms with van der Waals surface area (Å²) in [5.41, 5.74) is 0. The van der Waals surface area contributed by atoms with E-state index in [0.29, 0.717) is 0 Å². The van der Waals surface area contributed by atoms with Gasteiger partial charge in [-0.2, -0.15) is 35.1 Å². The Balaban J connectivity index is 3.49. The van der Waals surface area contributed by atoms with E-state index in [4.69, 9.17) is 0 Å². The van der Waals surface area contributed by atoms with E-state index in [0.717, 1.165) is 0 Å². The first kappa shape index (κ1) is 14.8. The third-order valence-electron chi connectivity index (χ3n) is 1.40. The van der Waals surface area contributed by atoms with Gasteiger partial charge in [-0.1, -0.05) is 0 Å². The molecule has 1 heterocycles. The first-order valence-corrected chi connectivity index (χ1v) is 4.17. The molecule has 0 radical (unpaired) electrons. The zero-order chi connectivity index (χ0) is 14.4. The van der Waals surface area contributed by atoms with Crippen LogP contribution in [-0.4, -0.2) is 15.0 Å². The van der Waals surface area contributed by atoms with Crippen LogP contribution in [0.5, 0.6) is 0 Å². The number of aromatic nitrogens is 3. The van der Waals surface area contributed by atoms with Crippen molar-refractivity contribution in [2.45, 2.75) is 17.7 Å². The van der Waals surface area contributed by atoms with E-state index in [9.17, 15) is 35.1 Å². The van der Waals surface area contributed by atoms with E-state index < -0.39 is 35.2 Å². The van der Waals surface area contributed by atoms with E-state index in [-0.39, 0.29) is 0 Å². The standard InChI is InChI=1S/C6ClF8N3/c7-4(8,9)1-16-2(5(10,11)12)18-3(17-1)6(13,14)15. The third-order valence-corrected chi connectivity index (χ3v) is 1.57. The Morgan fingerprint density at radius 2 is 0.889 bits per heavy atom. The third kappa shape index (κ3) is 3.37. The molecule has 0 saturated heterocycles. The number of rotatable bonds is 1. The molecule has 1 aromatic rings. The molecule has 0 aliphatic carbocycles. The highest BCUT2D eigenvalue weighted by molar-refractivity contribution is 6.21. The Bertz CT molecular complexity index is 369. The van der Waals surface area contributed by atoms with Crippen LogP contribution in [0.1, 0.15) is 17.5 Å². The number of alkyl halides is 9. The molecule has 0 saturated carbocycles. The van der Waals surface area contributed by atoms with Gasteiger partial charge in [-0.05, 0) is 11.6 Å². The molecule has 3 nitrogen and oxygen atoms in total. The lowest BCUT2D eigenvalue weighted by Gasteiger charge is -2.12. The van der Waals surface area contributed by atoms with Gasteiger partial charge < -0.3 is 0 Å². The molecular formula is C6ClF8N3. The second kappa shape index (κ2) is 4.14. The van der Waals surface area contributed by atoms with Crippen molar-refractivity contribution in [3.05, 3.63) is 17.5 Å². The highest BCUT2D eigenvalue weighted by atomic mass is 35.5. The maximum absolute atomic E-state index is 12.5. The van der Waals surface area contributed by atoms with Crippen LogP contribution in [0, 0.1) is 0 Å². The molecule has 0 fully saturated rings. The normalized spacial score (nSPS) is 13.8. The number of hydrogen-bond acceptors (Lipinski definition) is 3. The summed E-state index contributed by atoms with van der Waals surface area (Å²) in [6.07, 6.45) is -10.9. The SMILES string of the molecule is FC(F)(F)c1nc(C(F)(F)F)nc(C(F)(F)Cl)n1. The van der Waals surface area contributed by atoms with Crippen molar-refractivity contribution < 1.29 is 35.1 Å². The Labute approximate surface area is 97.8 Å². The number of halogens is 9. The van der Waals surface area contributed by atoms with Gasteiger partial charge in [0.15, 0.2) is 0 Å². The summed E-state index contributed by atoms with van der Waals surface area (Å²) < 4.78 is 97.6. The Kier molecular flexibility index (Phi) is 3.40. The first-order chi connectivity index (χ1) is 7.82. The van der Waals surface area contributed by atoms with Crippen LogP contribution in [0.2, 0.25) is 0 Å². The average molecular weight is 302 g/mol. The van der Waals surface area contributed by atoms with Gasteiger partial charge in [0.05, 0.1) is 0 Å². The summed E-state index contributed by atoms with van der Waals surface area (Å²) in [7, 11) is 0. The summed E-state index contributed by atoms with van der Waals surface area (Å²) in [6.45, 7) is 0. The lowest BCUT2D eigenvalue weighted by atomic mass is 10.5. The molecule has 1 rings (SSSR count). The summed E-state index contributed by atoms with van der Waals surface area (Å²) >= 11 is 4.28. The second-order valence-corrected chi connectivity index (χ2v) is 3.27. The van der Waals surface area contributed by atoms with Crippen LogP contribution in [0.15, 0.2) is 0 Å². The van der Waals surface area contributed by atoms with Gasteiger partial charge in [-0.15, -0.1) is 0 Å². The molecule has 12 heteroatoms. The molecule has 102 valence electrons. The minimum atomic E-state index is -5.44. The Hall–Kier alpha value is -1.26. The fourth-order valence-electron chi connectivity index (χ4n) is 0.756. The predicted molar refractivity (Wildman–Crippen MR) is 39.6 cm³/mol. The van der Waals surface area contributed by atoms with Crippen molar-refractivity contribution in [1.82, 2.24) is 15.0 Å². The summed E-state index contributed by atoms with van der Waals surface area (Å²) in [5.74, 6) is -6.93. The molecule has 0 atom stereocenters. The maximum atomic E-state index is 12.5. The van der Waals surface area contributed by atoms with E-state index in [2.05, 4.69) is 21.6 Å². The van der Waals surface area contributed by atoms with Crippen LogP contribution in [0.25, 0.3) is 0 Å². The Morgan fingerprint density at radius 1 is 0.611 bits per heavy atom. The molecule has 0 aromatic carbocycles. The fourth-order valence-corrected chi connectivity index (χ4v) is 0.841. The van der Waals surface area contributed by atoms with Crippen molar-refractivity contribution in [3.63, 3.8) is 0 Å². The summed E-state index contributed by atoms with van der Waals surface area (Å²) in [4.78, 5) is 6.35. The van der Waals surface area contributed by atoms with Crippen molar-refractivity contribution in [3.8, 4) is 0 Å². The van der Waals surface area contributed by atoms with Gasteiger partial charge in [0, 0.05) is 0 Å². The molecule has 0 bridgehead atoms. The molecule has 0 aliphatic heterocycles. The number of hydrogen-bond donors (Lipinski definition) is 0. The van der Waals surface area contributed by atoms with Crippen LogP contribution in [0.3, 0.4) is 0 Å². The second-order valence-electron chi connectivity index (χ2n) is 2.80. The minimum Gasteiger partial charge on any atom is -0.202 e. The van der Waals surface area contributed by atoms with Gasteiger partial charge in [0.1, 0.15) is 0 Å². The first-order valence-electron chi connectivity index (χ1n) is 3.79. The zero-order valence-corrected chi connectivity index (χ0v) is 8.50. The topological polar surface area (TPSA) is 38.7 Å². The maximum Gasteiger partial charge on any atom is 0.451 e. The molecular weight excluding hydrogens is 302 g/mol. The fraction of sp³-hybridized carbons (Fsp3) is 0.500. The van der Waals surface area contributed by atoms with Crippen molar-refractivity contribution in [2.24, 2.45) is 0 Å². The molecule has 0 unspecified atom stereocenters. The Morgan fingerprint density at radius 3 is 1.11 bits per heavy atom. The van der Waals surface area contributed by atoms with Gasteiger partial charge in [0.2, 0.25) is 17.5 Å². The van der Waals surface area contributed by atoms with E-state index in [1.165, 1.54) is 0 Å². The van der Waals surface area contributed by atoms with Gasteiger partial charge in [-0.3, -0.25) is 0 Å². The molecule has 0 spiro atoms. The van der Waals surface area contributed by atoms with E-state index in [1.807, 2.05) is 4.98 Å². The van der Waals surface area contributed by atoms with Crippen LogP contribution >= 0.6 is 11.6 Å². The van der Waals surface area contributed by atoms with Crippen molar-refractivity contribution >= 4 is 11.6 Å². The zero-order valence-electron chi connectivity index (χ0n) is 7.74. The van der Waals surface area contributed by atoms with Crippen LogP contribution in [0.4, 0.5) is 35.1 Å². The predicted octanol–water partition coefficient (Wildman–Crippen LogP) is 3.20. The molecule has 18 heavy (non-hydrogen) atoms. The minimum absolute atomic E-state index is 2.03. The van der Waals surface area contributed by atoms with E-state index in [1.54, 1.807) is 0 Å². The lowest BCUT2D eigenvalue weighted by molar-refractivity contribution is -0.156. The summed E-state index contributed by atoms with van der Waals surface area (Å²) in [5, 5.41) is -4.58. The smallest absolute Gasteiger partial charge is 0.202 e. The van der Waals surface area contributed by atoms with Crippen LogP contribution < -0.4 is 0 Å². The molecule has 0 aliphatic rings. The quantitative estimate of drug-likeness (QED) is 0.590. The average Bonchev–Trinajstić information content (AvgIpc) is 2.13. The number of nitrogens with zero attached hydrogens (tertiary/aromatic N) is 3. The molecule has 1 aromatic heterocycles. The lowest BCUT2D eigenvalue weighted by Crippen LogP contribution is -2.24. The molecule has 0 amide bonds. The highest BCUT2D eigenvalue weighted by Gasteiger charge is 2.44. The van der Waals surface area contributed by atoms with Crippen molar-refractivity contribution in [2.75, 3.05) is 0 Å².